The van der Waals surface area contributed by atoms with Crippen molar-refractivity contribution < 1.29 is 0 Å². The second-order valence-electron chi connectivity index (χ2n) is 10.1. The number of nitrogens with one attached hydrogen (secondary N) is 3. The van der Waals surface area contributed by atoms with Crippen LogP contribution in [0.2, 0.25) is 0 Å². The van der Waals surface area contributed by atoms with Gasteiger partial charge in [-0.25, -0.2) is 0 Å². The molecule has 2 saturated carbocycles. The lowest BCUT2D eigenvalue weighted by Crippen LogP contribution is -2.63. The molecule has 0 spiro atoms. The first-order valence-electron chi connectivity index (χ1n) is 11.8. The molecule has 4 aliphatic rings. The Labute approximate surface area is 185 Å². The maximum Gasteiger partial charge on any atom is 0.0600 e. The van der Waals surface area contributed by atoms with E-state index in [1.165, 1.54) is 57.9 Å². The average Bonchev–Trinajstić information content (AvgIpc) is 2.73. The average molecular weight is 501 g/mol. The highest BCUT2D eigenvalue weighted by Gasteiger charge is 2.44. The molecule has 2 heterocycles. The maximum atomic E-state index is 6.46. The van der Waals surface area contributed by atoms with Crippen LogP contribution in [0.25, 0.3) is 0 Å². The molecule has 2 saturated heterocycles. The summed E-state index contributed by atoms with van der Waals surface area (Å²) in [4.78, 5) is 0. The largest absolute Gasteiger partial charge is 0.316 e. The lowest BCUT2D eigenvalue weighted by atomic mass is 9.62. The van der Waals surface area contributed by atoms with Gasteiger partial charge >= 0.3 is 0 Å². The number of rotatable bonds is 4. The van der Waals surface area contributed by atoms with Crippen molar-refractivity contribution in [2.75, 3.05) is 13.2 Å². The third-order valence-electron chi connectivity index (χ3n) is 8.66. The minimum Gasteiger partial charge on any atom is -0.316 e. The lowest BCUT2D eigenvalue weighted by molar-refractivity contribution is 0.0450. The summed E-state index contributed by atoms with van der Waals surface area (Å²) in [5, 5.41) is 11.1. The van der Waals surface area contributed by atoms with Gasteiger partial charge in [0.25, 0.3) is 0 Å². The van der Waals surface area contributed by atoms with E-state index in [9.17, 15) is 0 Å². The number of halogens is 1. The van der Waals surface area contributed by atoms with Crippen LogP contribution in [0.5, 0.6) is 0 Å². The first-order valence-corrected chi connectivity index (χ1v) is 13.1. The van der Waals surface area contributed by atoms with E-state index in [2.05, 4.69) is 58.1 Å². The molecule has 4 fully saturated rings. The van der Waals surface area contributed by atoms with E-state index < -0.39 is 0 Å². The molecule has 10 atom stereocenters. The molecule has 28 heavy (non-hydrogen) atoms. The molecular formula is C23H41IN4. The van der Waals surface area contributed by atoms with E-state index in [0.29, 0.717) is 12.0 Å². The highest BCUT2D eigenvalue weighted by Crippen LogP contribution is 2.46. The maximum absolute atomic E-state index is 6.46. The third-order valence-corrected chi connectivity index (χ3v) is 9.58. The Morgan fingerprint density at radius 3 is 2.61 bits per heavy atom. The van der Waals surface area contributed by atoms with Crippen LogP contribution in [0.1, 0.15) is 58.3 Å². The number of alkyl halides is 1. The molecule has 5 N–H and O–H groups in total. The van der Waals surface area contributed by atoms with Crippen LogP contribution in [0, 0.1) is 35.5 Å². The van der Waals surface area contributed by atoms with Gasteiger partial charge in [0.15, 0.2) is 0 Å². The minimum absolute atomic E-state index is 0.177. The van der Waals surface area contributed by atoms with Crippen LogP contribution in [-0.2, 0) is 0 Å². The number of allylic oxidation sites excluding steroid dienone is 1. The zero-order chi connectivity index (χ0) is 19.7. The summed E-state index contributed by atoms with van der Waals surface area (Å²) in [6.45, 7) is 8.64. The van der Waals surface area contributed by atoms with E-state index in [-0.39, 0.29) is 6.17 Å². The molecule has 0 bridgehead atoms. The van der Waals surface area contributed by atoms with Crippen LogP contribution < -0.4 is 21.7 Å². The van der Waals surface area contributed by atoms with Crippen molar-refractivity contribution in [1.29, 1.82) is 0 Å². The minimum atomic E-state index is 0.177. The number of piperidine rings is 1. The molecular weight excluding hydrogens is 459 g/mol. The monoisotopic (exact) mass is 500 g/mol. The molecule has 0 aromatic carbocycles. The first-order chi connectivity index (χ1) is 13.6. The fourth-order valence-corrected chi connectivity index (χ4v) is 7.96. The SMILES string of the molecule is C=CC1CCC(C2NCCCC2C2CCC3NCNC(N)C3C2)CC1C(C)I. The van der Waals surface area contributed by atoms with Crippen molar-refractivity contribution in [1.82, 2.24) is 16.0 Å². The van der Waals surface area contributed by atoms with Gasteiger partial charge in [-0.3, -0.25) is 5.32 Å². The quantitative estimate of drug-likeness (QED) is 0.271. The Kier molecular flexibility index (Phi) is 7.41. The number of fused-ring (bicyclic) bond motifs is 1. The zero-order valence-corrected chi connectivity index (χ0v) is 19.7. The lowest BCUT2D eigenvalue weighted by Gasteiger charge is -2.50. The topological polar surface area (TPSA) is 62.1 Å². The zero-order valence-electron chi connectivity index (χ0n) is 17.6. The predicted molar refractivity (Wildman–Crippen MR) is 126 cm³/mol. The van der Waals surface area contributed by atoms with Gasteiger partial charge in [0.05, 0.1) is 6.17 Å². The normalized spacial score (nSPS) is 48.5. The van der Waals surface area contributed by atoms with Crippen LogP contribution in [-0.4, -0.2) is 35.4 Å². The van der Waals surface area contributed by atoms with E-state index in [1.807, 2.05) is 0 Å². The summed E-state index contributed by atoms with van der Waals surface area (Å²) in [6, 6.07) is 1.36. The Morgan fingerprint density at radius 2 is 1.82 bits per heavy atom. The smallest absolute Gasteiger partial charge is 0.0600 e. The summed E-state index contributed by atoms with van der Waals surface area (Å²) in [5.41, 5.74) is 6.46. The molecule has 4 nitrogen and oxygen atoms in total. The van der Waals surface area contributed by atoms with E-state index >= 15 is 0 Å². The Hall–Kier alpha value is 0.310. The van der Waals surface area contributed by atoms with Crippen molar-refractivity contribution in [3.63, 3.8) is 0 Å². The van der Waals surface area contributed by atoms with Gasteiger partial charge in [-0.1, -0.05) is 35.6 Å². The third kappa shape index (κ3) is 4.48. The second-order valence-corrected chi connectivity index (χ2v) is 12.0. The fraction of sp³-hybridized carbons (Fsp3) is 0.913. The summed E-state index contributed by atoms with van der Waals surface area (Å²) in [5.74, 6) is 4.67. The highest BCUT2D eigenvalue weighted by molar-refractivity contribution is 14.1. The van der Waals surface area contributed by atoms with Gasteiger partial charge in [-0.05, 0) is 87.5 Å². The van der Waals surface area contributed by atoms with Crippen molar-refractivity contribution in [2.24, 2.45) is 41.2 Å². The van der Waals surface area contributed by atoms with E-state index in [1.54, 1.807) is 0 Å². The highest BCUT2D eigenvalue weighted by atomic mass is 127. The molecule has 5 heteroatoms. The molecule has 0 aromatic heterocycles. The van der Waals surface area contributed by atoms with Gasteiger partial charge in [-0.2, -0.15) is 0 Å². The second kappa shape index (κ2) is 9.63. The van der Waals surface area contributed by atoms with Gasteiger partial charge in [0, 0.05) is 28.6 Å². The van der Waals surface area contributed by atoms with Crippen LogP contribution in [0.3, 0.4) is 0 Å². The van der Waals surface area contributed by atoms with Gasteiger partial charge < -0.3 is 16.4 Å². The molecule has 160 valence electrons. The van der Waals surface area contributed by atoms with E-state index in [4.69, 9.17) is 5.73 Å². The standard InChI is InChI=1S/C23H41IN4/c1-3-15-6-7-17(12-19(15)14(2)24)22-18(5-4-10-26-22)16-8-9-21-20(11-16)23(25)28-13-27-21/h3,14-23,26-28H,1,4-13,25H2,2H3. The summed E-state index contributed by atoms with van der Waals surface area (Å²) >= 11 is 2.66. The summed E-state index contributed by atoms with van der Waals surface area (Å²) < 4.78 is 0.735. The van der Waals surface area contributed by atoms with Gasteiger partial charge in [0.2, 0.25) is 0 Å². The Balaban J connectivity index is 1.45. The number of hydrogen-bond acceptors (Lipinski definition) is 4. The Bertz CT molecular complexity index is 527. The fourth-order valence-electron chi connectivity index (χ4n) is 7.13. The summed E-state index contributed by atoms with van der Waals surface area (Å²) in [7, 11) is 0. The van der Waals surface area contributed by atoms with E-state index in [0.717, 1.165) is 46.2 Å². The van der Waals surface area contributed by atoms with Crippen LogP contribution in [0.15, 0.2) is 12.7 Å². The van der Waals surface area contributed by atoms with Crippen molar-refractivity contribution in [3.8, 4) is 0 Å². The molecule has 4 rings (SSSR count). The molecule has 0 aromatic rings. The molecule has 2 aliphatic heterocycles. The van der Waals surface area contributed by atoms with Gasteiger partial charge in [-0.15, -0.1) is 6.58 Å². The molecule has 0 amide bonds. The predicted octanol–water partition coefficient (Wildman–Crippen LogP) is 3.62. The van der Waals surface area contributed by atoms with Crippen LogP contribution >= 0.6 is 22.6 Å². The molecule has 0 radical (unpaired) electrons. The van der Waals surface area contributed by atoms with Crippen molar-refractivity contribution in [3.05, 3.63) is 12.7 Å². The van der Waals surface area contributed by atoms with Crippen molar-refractivity contribution in [2.45, 2.75) is 80.5 Å². The summed E-state index contributed by atoms with van der Waals surface area (Å²) in [6.07, 6.45) is 13.3. The number of nitrogens with two attached hydrogens (primary N) is 1. The van der Waals surface area contributed by atoms with Crippen LogP contribution in [0.4, 0.5) is 0 Å². The molecule has 10 unspecified atom stereocenters. The first kappa shape index (κ1) is 21.5. The number of hydrogen-bond donors (Lipinski definition) is 4. The molecule has 2 aliphatic carbocycles. The van der Waals surface area contributed by atoms with Gasteiger partial charge in [0.1, 0.15) is 0 Å². The Morgan fingerprint density at radius 1 is 1.00 bits per heavy atom. The van der Waals surface area contributed by atoms with Crippen molar-refractivity contribution >= 4 is 22.6 Å².